The summed E-state index contributed by atoms with van der Waals surface area (Å²) in [5.74, 6) is 1.00. The zero-order chi connectivity index (χ0) is 17.6. The van der Waals surface area contributed by atoms with Gasteiger partial charge < -0.3 is 4.90 Å². The van der Waals surface area contributed by atoms with E-state index in [-0.39, 0.29) is 11.8 Å². The molecule has 1 amide bonds. The molecule has 1 aliphatic heterocycles. The zero-order valence-corrected chi connectivity index (χ0v) is 14.9. The van der Waals surface area contributed by atoms with Crippen molar-refractivity contribution in [2.24, 2.45) is 7.05 Å². The van der Waals surface area contributed by atoms with E-state index in [0.29, 0.717) is 23.0 Å². The molecule has 0 unspecified atom stereocenters. The van der Waals surface area contributed by atoms with Gasteiger partial charge in [-0.15, -0.1) is 10.2 Å². The van der Waals surface area contributed by atoms with Crippen molar-refractivity contribution in [3.8, 4) is 0 Å². The van der Waals surface area contributed by atoms with Crippen LogP contribution in [0.15, 0.2) is 24.4 Å². The minimum atomic E-state index is -0.0610. The first-order valence-electron chi connectivity index (χ1n) is 8.34. The molecule has 3 aromatic heterocycles. The van der Waals surface area contributed by atoms with Gasteiger partial charge in [0.15, 0.2) is 5.65 Å². The van der Waals surface area contributed by atoms with E-state index in [1.54, 1.807) is 7.05 Å². The first kappa shape index (κ1) is 16.1. The Bertz CT molecular complexity index is 946. The molecule has 1 fully saturated rings. The number of aryl methyl sites for hydroxylation is 2. The lowest BCUT2D eigenvalue weighted by Gasteiger charge is -2.32. The van der Waals surface area contributed by atoms with Crippen molar-refractivity contribution in [1.82, 2.24) is 29.3 Å². The Kier molecular flexibility index (Phi) is 3.95. The second-order valence-electron chi connectivity index (χ2n) is 6.45. The Morgan fingerprint density at radius 2 is 2.16 bits per heavy atom. The van der Waals surface area contributed by atoms with Crippen molar-refractivity contribution >= 4 is 23.2 Å². The van der Waals surface area contributed by atoms with Crippen LogP contribution in [0.4, 0.5) is 0 Å². The summed E-state index contributed by atoms with van der Waals surface area (Å²) in [5, 5.41) is 13.2. The smallest absolute Gasteiger partial charge is 0.258 e. The summed E-state index contributed by atoms with van der Waals surface area (Å²) >= 11 is 6.27. The fraction of sp³-hybridized carbons (Fsp3) is 0.412. The van der Waals surface area contributed by atoms with E-state index >= 15 is 0 Å². The average molecular weight is 359 g/mol. The third kappa shape index (κ3) is 2.68. The fourth-order valence-corrected chi connectivity index (χ4v) is 3.80. The van der Waals surface area contributed by atoms with Gasteiger partial charge in [0, 0.05) is 32.3 Å². The highest BCUT2D eigenvalue weighted by Crippen LogP contribution is 2.29. The van der Waals surface area contributed by atoms with Gasteiger partial charge in [-0.1, -0.05) is 17.7 Å². The monoisotopic (exact) mass is 358 g/mol. The number of nitrogens with zero attached hydrogens (tertiary/aromatic N) is 6. The summed E-state index contributed by atoms with van der Waals surface area (Å²) < 4.78 is 3.54. The molecule has 0 aromatic carbocycles. The number of rotatable bonds is 2. The summed E-state index contributed by atoms with van der Waals surface area (Å²) in [6, 6.07) is 5.84. The van der Waals surface area contributed by atoms with Crippen LogP contribution in [0.2, 0.25) is 5.15 Å². The first-order chi connectivity index (χ1) is 12.1. The van der Waals surface area contributed by atoms with Gasteiger partial charge in [-0.2, -0.15) is 5.10 Å². The quantitative estimate of drug-likeness (QED) is 0.705. The van der Waals surface area contributed by atoms with Crippen molar-refractivity contribution in [1.29, 1.82) is 0 Å². The molecule has 0 N–H and O–H groups in total. The number of hydrogen-bond acceptors (Lipinski definition) is 4. The van der Waals surface area contributed by atoms with E-state index in [1.165, 1.54) is 4.68 Å². The summed E-state index contributed by atoms with van der Waals surface area (Å²) in [7, 11) is 1.74. The Balaban J connectivity index is 1.62. The topological polar surface area (TPSA) is 68.3 Å². The lowest BCUT2D eigenvalue weighted by Crippen LogP contribution is -2.39. The lowest BCUT2D eigenvalue weighted by molar-refractivity contribution is 0.0703. The summed E-state index contributed by atoms with van der Waals surface area (Å²) in [6.45, 7) is 3.14. The number of pyridine rings is 1. The van der Waals surface area contributed by atoms with E-state index < -0.39 is 0 Å². The molecule has 8 heteroatoms. The summed E-state index contributed by atoms with van der Waals surface area (Å²) in [6.07, 6.45) is 3.88. The lowest BCUT2D eigenvalue weighted by atomic mass is 9.96. The third-order valence-electron chi connectivity index (χ3n) is 4.78. The van der Waals surface area contributed by atoms with E-state index in [1.807, 2.05) is 40.6 Å². The Morgan fingerprint density at radius 3 is 2.92 bits per heavy atom. The molecule has 0 spiro atoms. The molecule has 130 valence electrons. The molecule has 4 heterocycles. The largest absolute Gasteiger partial charge is 0.338 e. The number of amides is 1. The number of aromatic nitrogens is 5. The predicted molar refractivity (Wildman–Crippen MR) is 93.8 cm³/mol. The number of piperidine rings is 1. The highest BCUT2D eigenvalue weighted by molar-refractivity contribution is 6.33. The maximum Gasteiger partial charge on any atom is 0.258 e. The Hall–Kier alpha value is -2.41. The van der Waals surface area contributed by atoms with Crippen molar-refractivity contribution < 1.29 is 4.79 Å². The molecule has 0 saturated carbocycles. The number of hydrogen-bond donors (Lipinski definition) is 0. The molecule has 25 heavy (non-hydrogen) atoms. The van der Waals surface area contributed by atoms with E-state index in [9.17, 15) is 4.79 Å². The Morgan fingerprint density at radius 1 is 1.32 bits per heavy atom. The molecule has 3 aromatic rings. The number of fused-ring (bicyclic) bond motifs is 1. The molecule has 1 aliphatic rings. The van der Waals surface area contributed by atoms with Crippen LogP contribution in [0.3, 0.4) is 0 Å². The molecule has 1 atom stereocenters. The van der Waals surface area contributed by atoms with Gasteiger partial charge >= 0.3 is 0 Å². The van der Waals surface area contributed by atoms with Crippen molar-refractivity contribution in [2.45, 2.75) is 25.7 Å². The molecular weight excluding hydrogens is 340 g/mol. The van der Waals surface area contributed by atoms with Gasteiger partial charge in [0.25, 0.3) is 5.91 Å². The van der Waals surface area contributed by atoms with Gasteiger partial charge in [0.05, 0.1) is 11.3 Å². The molecular formula is C17H19ClN6O. The van der Waals surface area contributed by atoms with Gasteiger partial charge in [-0.3, -0.25) is 13.9 Å². The molecule has 0 aliphatic carbocycles. The van der Waals surface area contributed by atoms with Gasteiger partial charge in [0.1, 0.15) is 11.0 Å². The third-order valence-corrected chi connectivity index (χ3v) is 5.21. The molecule has 1 saturated heterocycles. The molecule has 4 rings (SSSR count). The number of carbonyl (C=O) groups excluding carboxylic acids is 1. The van der Waals surface area contributed by atoms with E-state index in [0.717, 1.165) is 30.9 Å². The van der Waals surface area contributed by atoms with Crippen molar-refractivity contribution in [2.75, 3.05) is 13.1 Å². The standard InChI is InChI=1S/C17H19ClN6O/c1-11-14(15(18)22(2)21-11)17(25)23-8-5-6-12(10-23)16-20-19-13-7-3-4-9-24(13)16/h3-4,7,9,12H,5-6,8,10H2,1-2H3/t12-/m1/s1. The summed E-state index contributed by atoms with van der Waals surface area (Å²) in [5.41, 5.74) is 1.98. The zero-order valence-electron chi connectivity index (χ0n) is 14.2. The van der Waals surface area contributed by atoms with Gasteiger partial charge in [0.2, 0.25) is 0 Å². The SMILES string of the molecule is Cc1nn(C)c(Cl)c1C(=O)N1CCC[C@@H](c2nnc3ccccn23)C1. The maximum absolute atomic E-state index is 13.0. The van der Waals surface area contributed by atoms with Crippen LogP contribution in [-0.4, -0.2) is 48.3 Å². The predicted octanol–water partition coefficient (Wildman–Crippen LogP) is 2.44. The molecule has 0 bridgehead atoms. The van der Waals surface area contributed by atoms with Crippen LogP contribution >= 0.6 is 11.6 Å². The highest BCUT2D eigenvalue weighted by atomic mass is 35.5. The molecule has 7 nitrogen and oxygen atoms in total. The molecule has 0 radical (unpaired) electrons. The van der Waals surface area contributed by atoms with Crippen molar-refractivity contribution in [3.05, 3.63) is 46.6 Å². The van der Waals surface area contributed by atoms with Crippen LogP contribution in [0.25, 0.3) is 5.65 Å². The summed E-state index contributed by atoms with van der Waals surface area (Å²) in [4.78, 5) is 14.8. The Labute approximate surface area is 150 Å². The highest BCUT2D eigenvalue weighted by Gasteiger charge is 2.31. The average Bonchev–Trinajstić information content (AvgIpc) is 3.16. The second-order valence-corrected chi connectivity index (χ2v) is 6.81. The van der Waals surface area contributed by atoms with Crippen LogP contribution in [0, 0.1) is 6.92 Å². The maximum atomic E-state index is 13.0. The van der Waals surface area contributed by atoms with Crippen LogP contribution in [-0.2, 0) is 7.05 Å². The van der Waals surface area contributed by atoms with Crippen LogP contribution in [0.5, 0.6) is 0 Å². The minimum absolute atomic E-state index is 0.0610. The first-order valence-corrected chi connectivity index (χ1v) is 8.72. The fourth-order valence-electron chi connectivity index (χ4n) is 3.54. The van der Waals surface area contributed by atoms with E-state index in [4.69, 9.17) is 11.6 Å². The van der Waals surface area contributed by atoms with Crippen LogP contribution in [0.1, 0.15) is 40.6 Å². The van der Waals surface area contributed by atoms with E-state index in [2.05, 4.69) is 15.3 Å². The normalized spacial score (nSPS) is 18.0. The van der Waals surface area contributed by atoms with Crippen LogP contribution < -0.4 is 0 Å². The number of halogens is 1. The number of carbonyl (C=O) groups is 1. The minimum Gasteiger partial charge on any atom is -0.338 e. The number of likely N-dealkylation sites (tertiary alicyclic amines) is 1. The van der Waals surface area contributed by atoms with Crippen molar-refractivity contribution in [3.63, 3.8) is 0 Å². The van der Waals surface area contributed by atoms with Gasteiger partial charge in [-0.25, -0.2) is 0 Å². The van der Waals surface area contributed by atoms with Gasteiger partial charge in [-0.05, 0) is 31.9 Å². The second kappa shape index (κ2) is 6.15.